The lowest BCUT2D eigenvalue weighted by molar-refractivity contribution is -0.139. The van der Waals surface area contributed by atoms with Crippen molar-refractivity contribution in [3.63, 3.8) is 0 Å². The second-order valence-corrected chi connectivity index (χ2v) is 6.97. The van der Waals surface area contributed by atoms with Crippen LogP contribution < -0.4 is 20.8 Å². The van der Waals surface area contributed by atoms with E-state index in [1.807, 2.05) is 6.92 Å². The molecule has 0 aromatic heterocycles. The van der Waals surface area contributed by atoms with Crippen LogP contribution in [0.3, 0.4) is 0 Å². The summed E-state index contributed by atoms with van der Waals surface area (Å²) in [6, 6.07) is 10.4. The molecule has 0 aliphatic carbocycles. The molecular formula is C22H23F3N4O4. The zero-order valence-corrected chi connectivity index (χ0v) is 17.9. The number of carbonyl (C=O) groups is 3. The number of nitrogens with one attached hydrogen (secondary N) is 3. The second-order valence-electron chi connectivity index (χ2n) is 6.97. The first kappa shape index (κ1) is 25.4. The Labute approximate surface area is 188 Å². The van der Waals surface area contributed by atoms with Gasteiger partial charge in [-0.05, 0) is 61.4 Å². The van der Waals surface area contributed by atoms with Crippen molar-refractivity contribution in [3.05, 3.63) is 59.7 Å². The van der Waals surface area contributed by atoms with Crippen molar-refractivity contribution in [2.45, 2.75) is 32.5 Å². The smallest absolute Gasteiger partial charge is 0.416 e. The number of amides is 3. The van der Waals surface area contributed by atoms with Crippen molar-refractivity contribution in [1.82, 2.24) is 10.7 Å². The first-order chi connectivity index (χ1) is 15.6. The van der Waals surface area contributed by atoms with Gasteiger partial charge in [-0.2, -0.15) is 18.3 Å². The Morgan fingerprint density at radius 1 is 1.09 bits per heavy atom. The lowest BCUT2D eigenvalue weighted by Gasteiger charge is -2.10. The fourth-order valence-electron chi connectivity index (χ4n) is 2.38. The normalized spacial score (nSPS) is 12.2. The van der Waals surface area contributed by atoms with Gasteiger partial charge in [-0.1, -0.05) is 13.0 Å². The van der Waals surface area contributed by atoms with Crippen LogP contribution in [0.1, 0.15) is 31.4 Å². The van der Waals surface area contributed by atoms with Crippen LogP contribution in [0.5, 0.6) is 5.75 Å². The zero-order chi connectivity index (χ0) is 24.4. The summed E-state index contributed by atoms with van der Waals surface area (Å²) in [5.74, 6) is -1.96. The van der Waals surface area contributed by atoms with Gasteiger partial charge in [0.15, 0.2) is 6.61 Å². The van der Waals surface area contributed by atoms with Gasteiger partial charge in [0.05, 0.1) is 11.8 Å². The number of benzene rings is 2. The third-order valence-electron chi connectivity index (χ3n) is 4.30. The number of alkyl halides is 3. The molecule has 8 nitrogen and oxygen atoms in total. The number of carbonyl (C=O) groups excluding carboxylic acids is 3. The average molecular weight is 464 g/mol. The van der Waals surface area contributed by atoms with Crippen LogP contribution in [0.25, 0.3) is 0 Å². The van der Waals surface area contributed by atoms with Gasteiger partial charge in [-0.15, -0.1) is 0 Å². The van der Waals surface area contributed by atoms with Crippen molar-refractivity contribution < 1.29 is 32.3 Å². The van der Waals surface area contributed by atoms with E-state index in [-0.39, 0.29) is 11.7 Å². The molecule has 0 unspecified atom stereocenters. The maximum Gasteiger partial charge on any atom is 0.416 e. The topological polar surface area (TPSA) is 109 Å². The molecule has 176 valence electrons. The monoisotopic (exact) mass is 464 g/mol. The molecule has 11 heteroatoms. The van der Waals surface area contributed by atoms with E-state index in [0.29, 0.717) is 17.7 Å². The van der Waals surface area contributed by atoms with Gasteiger partial charge < -0.3 is 15.4 Å². The summed E-state index contributed by atoms with van der Waals surface area (Å²) in [6.07, 6.45) is -2.51. The molecule has 2 rings (SSSR count). The number of hydrogen-bond donors (Lipinski definition) is 3. The molecule has 3 N–H and O–H groups in total. The molecule has 2 aromatic carbocycles. The minimum absolute atomic E-state index is 0.00450. The van der Waals surface area contributed by atoms with Gasteiger partial charge in [0.1, 0.15) is 5.75 Å². The fraction of sp³-hybridized carbons (Fsp3) is 0.273. The summed E-state index contributed by atoms with van der Waals surface area (Å²) in [5, 5.41) is 8.55. The number of hydrogen-bond acceptors (Lipinski definition) is 5. The van der Waals surface area contributed by atoms with E-state index < -0.39 is 36.1 Å². The van der Waals surface area contributed by atoms with Crippen molar-refractivity contribution in [1.29, 1.82) is 0 Å². The summed E-state index contributed by atoms with van der Waals surface area (Å²) in [6.45, 7) is 3.23. The molecule has 0 radical (unpaired) electrons. The Hall–Kier alpha value is -3.89. The van der Waals surface area contributed by atoms with Crippen LogP contribution in [-0.2, 0) is 20.6 Å². The van der Waals surface area contributed by atoms with Crippen molar-refractivity contribution in [2.24, 2.45) is 5.10 Å². The summed E-state index contributed by atoms with van der Waals surface area (Å²) < 4.78 is 43.5. The van der Waals surface area contributed by atoms with Crippen molar-refractivity contribution in [2.75, 3.05) is 11.9 Å². The van der Waals surface area contributed by atoms with Gasteiger partial charge >= 0.3 is 18.0 Å². The van der Waals surface area contributed by atoms with Gasteiger partial charge in [0.2, 0.25) is 0 Å². The maximum absolute atomic E-state index is 12.7. The van der Waals surface area contributed by atoms with Gasteiger partial charge in [0.25, 0.3) is 5.91 Å². The molecule has 3 amide bonds. The number of hydrazone groups is 1. The van der Waals surface area contributed by atoms with E-state index in [1.165, 1.54) is 30.5 Å². The molecule has 0 saturated heterocycles. The summed E-state index contributed by atoms with van der Waals surface area (Å²) in [4.78, 5) is 35.2. The molecule has 0 spiro atoms. The van der Waals surface area contributed by atoms with Gasteiger partial charge in [-0.25, -0.2) is 5.43 Å². The van der Waals surface area contributed by atoms with E-state index in [4.69, 9.17) is 4.74 Å². The van der Waals surface area contributed by atoms with Crippen molar-refractivity contribution >= 4 is 29.6 Å². The van der Waals surface area contributed by atoms with Crippen LogP contribution in [0.15, 0.2) is 53.6 Å². The predicted molar refractivity (Wildman–Crippen MR) is 116 cm³/mol. The maximum atomic E-state index is 12.7. The lowest BCUT2D eigenvalue weighted by atomic mass is 10.2. The minimum Gasteiger partial charge on any atom is -0.484 e. The van der Waals surface area contributed by atoms with Crippen LogP contribution >= 0.6 is 0 Å². The molecule has 0 saturated carbocycles. The number of ether oxygens (including phenoxy) is 1. The molecule has 0 aliphatic heterocycles. The number of rotatable bonds is 8. The zero-order valence-electron chi connectivity index (χ0n) is 17.9. The van der Waals surface area contributed by atoms with Crippen molar-refractivity contribution in [3.8, 4) is 5.75 Å². The fourth-order valence-corrected chi connectivity index (χ4v) is 2.38. The summed E-state index contributed by atoms with van der Waals surface area (Å²) >= 11 is 0. The van der Waals surface area contributed by atoms with E-state index in [2.05, 4.69) is 21.2 Å². The Morgan fingerprint density at radius 3 is 2.42 bits per heavy atom. The highest BCUT2D eigenvalue weighted by Crippen LogP contribution is 2.30. The van der Waals surface area contributed by atoms with Crippen LogP contribution in [-0.4, -0.2) is 36.6 Å². The first-order valence-corrected chi connectivity index (χ1v) is 9.92. The Kier molecular flexibility index (Phi) is 8.96. The molecule has 0 aliphatic rings. The van der Waals surface area contributed by atoms with Crippen LogP contribution in [0, 0.1) is 0 Å². The lowest BCUT2D eigenvalue weighted by Crippen LogP contribution is -2.41. The van der Waals surface area contributed by atoms with E-state index in [1.54, 1.807) is 19.1 Å². The molecule has 33 heavy (non-hydrogen) atoms. The number of anilines is 1. The molecule has 2 aromatic rings. The minimum atomic E-state index is -4.51. The third kappa shape index (κ3) is 8.63. The summed E-state index contributed by atoms with van der Waals surface area (Å²) in [5.41, 5.74) is 1.83. The average Bonchev–Trinajstić information content (AvgIpc) is 2.78. The number of nitrogens with zero attached hydrogens (tertiary/aromatic N) is 1. The predicted octanol–water partition coefficient (Wildman–Crippen LogP) is 3.09. The largest absolute Gasteiger partial charge is 0.484 e. The first-order valence-electron chi connectivity index (χ1n) is 9.92. The third-order valence-corrected chi connectivity index (χ3v) is 4.30. The SMILES string of the molecule is CC[C@@H](C)NC(=O)C(=O)N/N=C\c1ccc(OCC(=O)Nc2cccc(C(F)(F)F)c2)cc1. The second kappa shape index (κ2) is 11.7. The van der Waals surface area contributed by atoms with E-state index in [0.717, 1.165) is 12.1 Å². The molecular weight excluding hydrogens is 441 g/mol. The van der Waals surface area contributed by atoms with Gasteiger partial charge in [0, 0.05) is 11.7 Å². The van der Waals surface area contributed by atoms with Crippen LogP contribution in [0.2, 0.25) is 0 Å². The molecule has 1 atom stereocenters. The quantitative estimate of drug-likeness (QED) is 0.317. The highest BCUT2D eigenvalue weighted by Gasteiger charge is 2.30. The van der Waals surface area contributed by atoms with E-state index >= 15 is 0 Å². The standard InChI is InChI=1S/C22H23F3N4O4/c1-3-14(2)27-20(31)21(32)29-26-12-15-7-9-18(10-8-15)33-13-19(30)28-17-6-4-5-16(11-17)22(23,24)25/h4-12,14H,3,13H2,1-2H3,(H,27,31)(H,28,30)(H,29,32)/b26-12-/t14-/m1/s1. The molecule has 0 fully saturated rings. The van der Waals surface area contributed by atoms with Crippen LogP contribution in [0.4, 0.5) is 18.9 Å². The van der Waals surface area contributed by atoms with Gasteiger partial charge in [-0.3, -0.25) is 14.4 Å². The number of halogens is 3. The Morgan fingerprint density at radius 2 is 1.79 bits per heavy atom. The Bertz CT molecular complexity index is 1010. The Balaban J connectivity index is 1.81. The highest BCUT2D eigenvalue weighted by atomic mass is 19.4. The molecule has 0 bridgehead atoms. The van der Waals surface area contributed by atoms with E-state index in [9.17, 15) is 27.6 Å². The molecule has 0 heterocycles. The summed E-state index contributed by atoms with van der Waals surface area (Å²) in [7, 11) is 0. The highest BCUT2D eigenvalue weighted by molar-refractivity contribution is 6.35.